The van der Waals surface area contributed by atoms with Gasteiger partial charge in [0.1, 0.15) is 0 Å². The second-order valence-electron chi connectivity index (χ2n) is 5.41. The molecule has 2 aromatic rings. The third-order valence-electron chi connectivity index (χ3n) is 3.02. The summed E-state index contributed by atoms with van der Waals surface area (Å²) in [7, 11) is -1.20. The minimum Gasteiger partial charge on any atom is -0.398 e. The molecular weight excluding hydrogens is 222 g/mol. The van der Waals surface area contributed by atoms with E-state index in [0.717, 1.165) is 11.3 Å². The van der Waals surface area contributed by atoms with Gasteiger partial charge in [-0.2, -0.15) is 0 Å². The SMILES string of the molecule is C[Si](C)(C)c1ccc(-c2ccccc2N)cc1. The van der Waals surface area contributed by atoms with Crippen molar-refractivity contribution in [3.8, 4) is 11.1 Å². The molecule has 0 aliphatic rings. The number of rotatable bonds is 2. The molecule has 0 heterocycles. The van der Waals surface area contributed by atoms with Gasteiger partial charge in [0, 0.05) is 11.3 Å². The van der Waals surface area contributed by atoms with Gasteiger partial charge >= 0.3 is 0 Å². The Morgan fingerprint density at radius 1 is 0.824 bits per heavy atom. The number of hydrogen-bond donors (Lipinski definition) is 1. The second-order valence-corrected chi connectivity index (χ2v) is 10.5. The van der Waals surface area contributed by atoms with E-state index in [2.05, 4.69) is 50.0 Å². The quantitative estimate of drug-likeness (QED) is 0.632. The first kappa shape index (κ1) is 11.9. The Balaban J connectivity index is 2.40. The molecule has 0 unspecified atom stereocenters. The van der Waals surface area contributed by atoms with Crippen LogP contribution in [0.25, 0.3) is 11.1 Å². The highest BCUT2D eigenvalue weighted by molar-refractivity contribution is 6.88. The smallest absolute Gasteiger partial charge is 0.0775 e. The van der Waals surface area contributed by atoms with E-state index in [1.807, 2.05) is 18.2 Å². The monoisotopic (exact) mass is 241 g/mol. The number of hydrogen-bond acceptors (Lipinski definition) is 1. The summed E-state index contributed by atoms with van der Waals surface area (Å²) in [6.45, 7) is 7.08. The maximum atomic E-state index is 5.99. The van der Waals surface area contributed by atoms with Crippen molar-refractivity contribution in [1.82, 2.24) is 0 Å². The van der Waals surface area contributed by atoms with Crippen LogP contribution >= 0.6 is 0 Å². The van der Waals surface area contributed by atoms with E-state index in [4.69, 9.17) is 5.73 Å². The van der Waals surface area contributed by atoms with Crippen LogP contribution in [0.5, 0.6) is 0 Å². The van der Waals surface area contributed by atoms with Gasteiger partial charge in [-0.25, -0.2) is 0 Å². The van der Waals surface area contributed by atoms with Gasteiger partial charge in [0.15, 0.2) is 0 Å². The zero-order valence-electron chi connectivity index (χ0n) is 10.7. The first-order chi connectivity index (χ1) is 7.98. The number of benzene rings is 2. The van der Waals surface area contributed by atoms with Crippen LogP contribution in [0.2, 0.25) is 19.6 Å². The molecule has 0 saturated heterocycles. The third-order valence-corrected chi connectivity index (χ3v) is 5.09. The molecule has 2 rings (SSSR count). The molecule has 0 radical (unpaired) electrons. The van der Waals surface area contributed by atoms with Gasteiger partial charge in [0.05, 0.1) is 8.07 Å². The minimum absolute atomic E-state index is 0.841. The summed E-state index contributed by atoms with van der Waals surface area (Å²) in [4.78, 5) is 0. The number of nitrogens with two attached hydrogens (primary N) is 1. The fourth-order valence-corrected chi connectivity index (χ4v) is 3.08. The Labute approximate surface area is 104 Å². The number of para-hydroxylation sites is 1. The van der Waals surface area contributed by atoms with E-state index in [-0.39, 0.29) is 0 Å². The fraction of sp³-hybridized carbons (Fsp3) is 0.200. The lowest BCUT2D eigenvalue weighted by Crippen LogP contribution is -2.37. The molecule has 88 valence electrons. The van der Waals surface area contributed by atoms with E-state index >= 15 is 0 Å². The Morgan fingerprint density at radius 3 is 1.94 bits per heavy atom. The molecule has 0 spiro atoms. The lowest BCUT2D eigenvalue weighted by Gasteiger charge is -2.17. The summed E-state index contributed by atoms with van der Waals surface area (Å²) >= 11 is 0. The molecule has 0 saturated carbocycles. The molecule has 0 amide bonds. The van der Waals surface area contributed by atoms with Gasteiger partial charge in [-0.3, -0.25) is 0 Å². The van der Waals surface area contributed by atoms with Crippen LogP contribution in [0.3, 0.4) is 0 Å². The summed E-state index contributed by atoms with van der Waals surface area (Å²) in [5.74, 6) is 0. The van der Waals surface area contributed by atoms with Crippen LogP contribution in [0, 0.1) is 0 Å². The first-order valence-electron chi connectivity index (χ1n) is 5.94. The molecule has 17 heavy (non-hydrogen) atoms. The van der Waals surface area contributed by atoms with Crippen molar-refractivity contribution in [3.63, 3.8) is 0 Å². The van der Waals surface area contributed by atoms with Gasteiger partial charge in [-0.1, -0.05) is 67.3 Å². The average Bonchev–Trinajstić information content (AvgIpc) is 2.29. The van der Waals surface area contributed by atoms with Crippen LogP contribution in [-0.4, -0.2) is 8.07 Å². The van der Waals surface area contributed by atoms with E-state index < -0.39 is 8.07 Å². The molecule has 2 heteroatoms. The zero-order chi connectivity index (χ0) is 12.5. The van der Waals surface area contributed by atoms with Crippen LogP contribution in [-0.2, 0) is 0 Å². The van der Waals surface area contributed by atoms with E-state index in [1.165, 1.54) is 10.8 Å². The second kappa shape index (κ2) is 4.38. The Hall–Kier alpha value is -1.54. The highest BCUT2D eigenvalue weighted by atomic mass is 28.3. The van der Waals surface area contributed by atoms with Gasteiger partial charge in [-0.15, -0.1) is 0 Å². The van der Waals surface area contributed by atoms with Crippen LogP contribution in [0.15, 0.2) is 48.5 Å². The summed E-state index contributed by atoms with van der Waals surface area (Å²) < 4.78 is 0. The van der Waals surface area contributed by atoms with E-state index in [0.29, 0.717) is 0 Å². The summed E-state index contributed by atoms with van der Waals surface area (Å²) in [5.41, 5.74) is 9.15. The van der Waals surface area contributed by atoms with Crippen molar-refractivity contribution in [2.24, 2.45) is 0 Å². The van der Waals surface area contributed by atoms with Crippen LogP contribution in [0.4, 0.5) is 5.69 Å². The molecule has 0 aliphatic carbocycles. The normalized spacial score (nSPS) is 11.5. The first-order valence-corrected chi connectivity index (χ1v) is 9.44. The summed E-state index contributed by atoms with van der Waals surface area (Å²) in [6.07, 6.45) is 0. The molecule has 2 aromatic carbocycles. The molecule has 0 atom stereocenters. The number of nitrogen functional groups attached to an aromatic ring is 1. The average molecular weight is 241 g/mol. The van der Waals surface area contributed by atoms with Crippen molar-refractivity contribution in [2.75, 3.05) is 5.73 Å². The van der Waals surface area contributed by atoms with Crippen molar-refractivity contribution >= 4 is 18.9 Å². The number of anilines is 1. The standard InChI is InChI=1S/C15H19NSi/c1-17(2,3)13-10-8-12(9-11-13)14-6-4-5-7-15(14)16/h4-11H,16H2,1-3H3. The van der Waals surface area contributed by atoms with E-state index in [9.17, 15) is 0 Å². The predicted molar refractivity (Wildman–Crippen MR) is 79.3 cm³/mol. The van der Waals surface area contributed by atoms with Gasteiger partial charge in [0.25, 0.3) is 0 Å². The van der Waals surface area contributed by atoms with E-state index in [1.54, 1.807) is 0 Å². The fourth-order valence-electron chi connectivity index (χ4n) is 1.91. The summed E-state index contributed by atoms with van der Waals surface area (Å²) in [5, 5.41) is 1.48. The molecule has 0 fully saturated rings. The van der Waals surface area contributed by atoms with Crippen molar-refractivity contribution in [3.05, 3.63) is 48.5 Å². The van der Waals surface area contributed by atoms with Gasteiger partial charge < -0.3 is 5.73 Å². The van der Waals surface area contributed by atoms with Gasteiger partial charge in [-0.05, 0) is 11.6 Å². The molecule has 0 aromatic heterocycles. The summed E-state index contributed by atoms with van der Waals surface area (Å²) in [6, 6.07) is 16.9. The van der Waals surface area contributed by atoms with Crippen LogP contribution in [0.1, 0.15) is 0 Å². The maximum Gasteiger partial charge on any atom is 0.0775 e. The lowest BCUT2D eigenvalue weighted by molar-refractivity contribution is 1.61. The zero-order valence-corrected chi connectivity index (χ0v) is 11.7. The Morgan fingerprint density at radius 2 is 1.41 bits per heavy atom. The Kier molecular flexibility index (Phi) is 3.07. The molecule has 0 aliphatic heterocycles. The predicted octanol–water partition coefficient (Wildman–Crippen LogP) is 3.48. The minimum atomic E-state index is -1.20. The Bertz CT molecular complexity index is 509. The van der Waals surface area contributed by atoms with Crippen molar-refractivity contribution in [1.29, 1.82) is 0 Å². The van der Waals surface area contributed by atoms with Crippen LogP contribution < -0.4 is 10.9 Å². The third kappa shape index (κ3) is 2.59. The largest absolute Gasteiger partial charge is 0.398 e. The highest BCUT2D eigenvalue weighted by Gasteiger charge is 2.15. The highest BCUT2D eigenvalue weighted by Crippen LogP contribution is 2.24. The van der Waals surface area contributed by atoms with Crippen molar-refractivity contribution < 1.29 is 0 Å². The lowest BCUT2D eigenvalue weighted by atomic mass is 10.0. The van der Waals surface area contributed by atoms with Crippen molar-refractivity contribution in [2.45, 2.75) is 19.6 Å². The molecule has 1 nitrogen and oxygen atoms in total. The molecular formula is C15H19NSi. The molecule has 2 N–H and O–H groups in total. The topological polar surface area (TPSA) is 26.0 Å². The van der Waals surface area contributed by atoms with Gasteiger partial charge in [0.2, 0.25) is 0 Å². The molecule has 0 bridgehead atoms. The maximum absolute atomic E-state index is 5.99.